The number of furan rings is 1. The Morgan fingerprint density at radius 2 is 1.86 bits per heavy atom. The average Bonchev–Trinajstić information content (AvgIpc) is 3.36. The molecule has 3 aromatic rings. The number of alkyl halides is 3. The van der Waals surface area contributed by atoms with Crippen molar-refractivity contribution in [2.24, 2.45) is 5.92 Å². The highest BCUT2D eigenvalue weighted by Crippen LogP contribution is 2.33. The minimum atomic E-state index is -4.64. The second-order valence-corrected chi connectivity index (χ2v) is 8.29. The number of hydrogen-bond acceptors (Lipinski definition) is 5. The zero-order valence-electron chi connectivity index (χ0n) is 18.8. The van der Waals surface area contributed by atoms with E-state index in [0.29, 0.717) is 18.6 Å². The highest BCUT2D eigenvalue weighted by atomic mass is 19.4. The summed E-state index contributed by atoms with van der Waals surface area (Å²) in [7, 11) is 0. The van der Waals surface area contributed by atoms with Gasteiger partial charge in [-0.1, -0.05) is 12.1 Å². The summed E-state index contributed by atoms with van der Waals surface area (Å²) in [5.74, 6) is -0.522. The minimum absolute atomic E-state index is 0.159. The molecular formula is C24H23F3N4O4. The van der Waals surface area contributed by atoms with Crippen LogP contribution in [0.15, 0.2) is 57.9 Å². The first-order valence-electron chi connectivity index (χ1n) is 11.0. The lowest BCUT2D eigenvalue weighted by atomic mass is 9.95. The molecule has 1 fully saturated rings. The SMILES string of the molecule is Cc1cc(=O)c(C(=O)N2CCC(C(=O)NCc3ccco3)CC2)nn1-c1ccccc1C(F)(F)F. The highest BCUT2D eigenvalue weighted by molar-refractivity contribution is 5.92. The van der Waals surface area contributed by atoms with Gasteiger partial charge in [-0.3, -0.25) is 14.4 Å². The van der Waals surface area contributed by atoms with E-state index in [1.54, 1.807) is 12.1 Å². The number of rotatable bonds is 5. The monoisotopic (exact) mass is 488 g/mol. The van der Waals surface area contributed by atoms with E-state index < -0.39 is 28.8 Å². The van der Waals surface area contributed by atoms with Crippen molar-refractivity contribution in [1.29, 1.82) is 0 Å². The largest absolute Gasteiger partial charge is 0.467 e. The molecule has 0 aliphatic carbocycles. The Kier molecular flexibility index (Phi) is 6.77. The summed E-state index contributed by atoms with van der Waals surface area (Å²) in [6.07, 6.45) is -2.36. The van der Waals surface area contributed by atoms with Crippen LogP contribution in [-0.4, -0.2) is 39.6 Å². The van der Waals surface area contributed by atoms with Crippen LogP contribution < -0.4 is 10.7 Å². The van der Waals surface area contributed by atoms with Gasteiger partial charge >= 0.3 is 6.18 Å². The Bertz CT molecular complexity index is 1280. The molecule has 2 aromatic heterocycles. The van der Waals surface area contributed by atoms with Gasteiger partial charge in [-0.2, -0.15) is 18.3 Å². The molecule has 1 aliphatic rings. The second-order valence-electron chi connectivity index (χ2n) is 8.29. The fraction of sp³-hybridized carbons (Fsp3) is 0.333. The Morgan fingerprint density at radius 1 is 1.14 bits per heavy atom. The zero-order valence-corrected chi connectivity index (χ0v) is 18.8. The van der Waals surface area contributed by atoms with Crippen LogP contribution in [0.25, 0.3) is 5.69 Å². The van der Waals surface area contributed by atoms with Gasteiger partial charge in [-0.15, -0.1) is 0 Å². The third-order valence-electron chi connectivity index (χ3n) is 5.92. The number of para-hydroxylation sites is 1. The van der Waals surface area contributed by atoms with Gasteiger partial charge < -0.3 is 14.6 Å². The Balaban J connectivity index is 1.49. The zero-order chi connectivity index (χ0) is 25.2. The third kappa shape index (κ3) is 5.28. The van der Waals surface area contributed by atoms with Crippen molar-refractivity contribution in [1.82, 2.24) is 20.0 Å². The van der Waals surface area contributed by atoms with Gasteiger partial charge in [0.25, 0.3) is 5.91 Å². The van der Waals surface area contributed by atoms with Crippen LogP contribution in [0, 0.1) is 12.8 Å². The number of benzene rings is 1. The van der Waals surface area contributed by atoms with Crippen LogP contribution >= 0.6 is 0 Å². The quantitative estimate of drug-likeness (QED) is 0.594. The van der Waals surface area contributed by atoms with Gasteiger partial charge in [0.05, 0.1) is 24.1 Å². The molecule has 3 heterocycles. The smallest absolute Gasteiger partial charge is 0.418 e. The number of hydrogen-bond donors (Lipinski definition) is 1. The van der Waals surface area contributed by atoms with E-state index in [1.807, 2.05) is 0 Å². The van der Waals surface area contributed by atoms with E-state index in [9.17, 15) is 27.6 Å². The molecule has 1 aliphatic heterocycles. The summed E-state index contributed by atoms with van der Waals surface area (Å²) in [6, 6.07) is 9.39. The van der Waals surface area contributed by atoms with Crippen LogP contribution in [-0.2, 0) is 17.5 Å². The Labute approximate surface area is 198 Å². The molecule has 0 radical (unpaired) electrons. The van der Waals surface area contributed by atoms with E-state index >= 15 is 0 Å². The molecule has 1 aromatic carbocycles. The molecule has 8 nitrogen and oxygen atoms in total. The van der Waals surface area contributed by atoms with E-state index in [-0.39, 0.29) is 42.8 Å². The van der Waals surface area contributed by atoms with Crippen molar-refractivity contribution in [3.63, 3.8) is 0 Å². The molecule has 0 atom stereocenters. The summed E-state index contributed by atoms with van der Waals surface area (Å²) in [5, 5.41) is 6.82. The first kappa shape index (κ1) is 24.2. The van der Waals surface area contributed by atoms with E-state index in [2.05, 4.69) is 10.4 Å². The fourth-order valence-corrected chi connectivity index (χ4v) is 4.06. The van der Waals surface area contributed by atoms with Crippen LogP contribution in [0.5, 0.6) is 0 Å². The number of nitrogens with one attached hydrogen (secondary N) is 1. The lowest BCUT2D eigenvalue weighted by Gasteiger charge is -2.31. The standard InChI is InChI=1S/C24H23F3N4O4/c1-15-13-20(32)21(29-31(15)19-7-3-2-6-18(19)24(25,26)27)23(34)30-10-8-16(9-11-30)22(33)28-14-17-5-4-12-35-17/h2-7,12-13,16H,8-11,14H2,1H3,(H,28,33). The molecule has 2 amide bonds. The maximum atomic E-state index is 13.5. The molecule has 0 bridgehead atoms. The molecule has 1 saturated heterocycles. The number of likely N-dealkylation sites (tertiary alicyclic amines) is 1. The molecule has 184 valence electrons. The first-order valence-corrected chi connectivity index (χ1v) is 11.0. The maximum Gasteiger partial charge on any atom is 0.418 e. The van der Waals surface area contributed by atoms with Gasteiger partial charge in [0.15, 0.2) is 5.69 Å². The number of piperidine rings is 1. The van der Waals surface area contributed by atoms with Crippen molar-refractivity contribution in [2.45, 2.75) is 32.5 Å². The van der Waals surface area contributed by atoms with Crippen molar-refractivity contribution in [3.8, 4) is 5.69 Å². The topological polar surface area (TPSA) is 97.4 Å². The molecule has 35 heavy (non-hydrogen) atoms. The molecule has 0 saturated carbocycles. The molecule has 0 unspecified atom stereocenters. The van der Waals surface area contributed by atoms with Gasteiger partial charge in [0.1, 0.15) is 5.76 Å². The first-order chi connectivity index (χ1) is 16.6. The fourth-order valence-electron chi connectivity index (χ4n) is 4.06. The predicted octanol–water partition coefficient (Wildman–Crippen LogP) is 3.32. The van der Waals surface area contributed by atoms with Crippen LogP contribution in [0.2, 0.25) is 0 Å². The predicted molar refractivity (Wildman–Crippen MR) is 119 cm³/mol. The van der Waals surface area contributed by atoms with Gasteiger partial charge in [0, 0.05) is 30.8 Å². The van der Waals surface area contributed by atoms with E-state index in [1.165, 1.54) is 36.3 Å². The van der Waals surface area contributed by atoms with Crippen molar-refractivity contribution in [3.05, 3.63) is 81.7 Å². The second kappa shape index (κ2) is 9.77. The van der Waals surface area contributed by atoms with Crippen LogP contribution in [0.1, 0.15) is 40.3 Å². The van der Waals surface area contributed by atoms with Crippen LogP contribution in [0.3, 0.4) is 0 Å². The summed E-state index contributed by atoms with van der Waals surface area (Å²) < 4.78 is 46.7. The summed E-state index contributed by atoms with van der Waals surface area (Å²) in [5.41, 5.74) is -2.19. The van der Waals surface area contributed by atoms with Crippen molar-refractivity contribution >= 4 is 11.8 Å². The van der Waals surface area contributed by atoms with Gasteiger partial charge in [0.2, 0.25) is 11.3 Å². The highest BCUT2D eigenvalue weighted by Gasteiger charge is 2.35. The summed E-state index contributed by atoms with van der Waals surface area (Å²) >= 11 is 0. The third-order valence-corrected chi connectivity index (χ3v) is 5.92. The van der Waals surface area contributed by atoms with E-state index in [0.717, 1.165) is 16.8 Å². The number of carbonyl (C=O) groups excluding carboxylic acids is 2. The minimum Gasteiger partial charge on any atom is -0.467 e. The number of carbonyl (C=O) groups is 2. The molecule has 11 heteroatoms. The number of halogens is 3. The summed E-state index contributed by atoms with van der Waals surface area (Å²) in [6.45, 7) is 2.14. The number of aryl methyl sites for hydroxylation is 1. The molecule has 1 N–H and O–H groups in total. The number of aromatic nitrogens is 2. The Morgan fingerprint density at radius 3 is 2.51 bits per heavy atom. The van der Waals surface area contributed by atoms with Crippen molar-refractivity contribution in [2.75, 3.05) is 13.1 Å². The van der Waals surface area contributed by atoms with Gasteiger partial charge in [-0.05, 0) is 44.0 Å². The van der Waals surface area contributed by atoms with Crippen molar-refractivity contribution < 1.29 is 27.2 Å². The number of nitrogens with zero attached hydrogens (tertiary/aromatic N) is 3. The normalized spacial score (nSPS) is 14.7. The van der Waals surface area contributed by atoms with E-state index in [4.69, 9.17) is 4.42 Å². The maximum absolute atomic E-state index is 13.5. The molecular weight excluding hydrogens is 465 g/mol. The lowest BCUT2D eigenvalue weighted by molar-refractivity contribution is -0.137. The Hall–Kier alpha value is -3.89. The average molecular weight is 488 g/mol. The summed E-state index contributed by atoms with van der Waals surface area (Å²) in [4.78, 5) is 39.4. The molecule has 4 rings (SSSR count). The number of amides is 2. The lowest BCUT2D eigenvalue weighted by Crippen LogP contribution is -2.44. The van der Waals surface area contributed by atoms with Crippen LogP contribution in [0.4, 0.5) is 13.2 Å². The molecule has 0 spiro atoms. The van der Waals surface area contributed by atoms with Gasteiger partial charge in [-0.25, -0.2) is 4.68 Å².